The summed E-state index contributed by atoms with van der Waals surface area (Å²) in [6.07, 6.45) is 1.25. The number of likely N-dealkylation sites (N-methyl/N-ethyl adjacent to an activating group) is 1. The molecule has 0 aliphatic carbocycles. The molecule has 2 heteroatoms. The first kappa shape index (κ1) is 12.6. The molecule has 1 N–H and O–H groups in total. The molecule has 1 saturated heterocycles. The van der Waals surface area contributed by atoms with Gasteiger partial charge < -0.3 is 5.32 Å². The molecule has 1 aromatic carbocycles. The van der Waals surface area contributed by atoms with Crippen molar-refractivity contribution in [1.29, 1.82) is 0 Å². The van der Waals surface area contributed by atoms with Crippen LogP contribution in [0.5, 0.6) is 0 Å². The minimum Gasteiger partial charge on any atom is -0.315 e. The molecule has 1 aromatic rings. The van der Waals surface area contributed by atoms with E-state index in [9.17, 15) is 0 Å². The first-order valence-electron chi connectivity index (χ1n) is 6.52. The van der Waals surface area contributed by atoms with E-state index in [1.807, 2.05) is 0 Å². The summed E-state index contributed by atoms with van der Waals surface area (Å²) >= 11 is 0. The number of benzene rings is 1. The van der Waals surface area contributed by atoms with E-state index in [1.54, 1.807) is 0 Å². The third-order valence-corrected chi connectivity index (χ3v) is 4.20. The molecule has 0 spiro atoms. The van der Waals surface area contributed by atoms with E-state index in [0.717, 1.165) is 6.54 Å². The summed E-state index contributed by atoms with van der Waals surface area (Å²) in [5, 5.41) is 3.44. The van der Waals surface area contributed by atoms with Crippen LogP contribution in [0.2, 0.25) is 0 Å². The van der Waals surface area contributed by atoms with Crippen LogP contribution in [-0.2, 0) is 6.54 Å². The van der Waals surface area contributed by atoms with Gasteiger partial charge in [-0.05, 0) is 39.8 Å². The van der Waals surface area contributed by atoms with Gasteiger partial charge in [0.2, 0.25) is 0 Å². The zero-order valence-electron chi connectivity index (χ0n) is 11.5. The Morgan fingerprint density at radius 3 is 2.47 bits per heavy atom. The highest BCUT2D eigenvalue weighted by atomic mass is 15.2. The van der Waals surface area contributed by atoms with Crippen LogP contribution in [0.3, 0.4) is 0 Å². The SMILES string of the molecule is CNC1CCN(Cc2ccc(C)cc2)C1(C)C. The summed E-state index contributed by atoms with van der Waals surface area (Å²) in [6.45, 7) is 9.07. The van der Waals surface area contributed by atoms with E-state index >= 15 is 0 Å². The van der Waals surface area contributed by atoms with Crippen molar-refractivity contribution in [2.45, 2.75) is 45.3 Å². The van der Waals surface area contributed by atoms with Gasteiger partial charge in [0.25, 0.3) is 0 Å². The molecule has 1 fully saturated rings. The lowest BCUT2D eigenvalue weighted by atomic mass is 9.95. The number of aryl methyl sites for hydroxylation is 1. The van der Waals surface area contributed by atoms with Crippen molar-refractivity contribution in [3.63, 3.8) is 0 Å². The summed E-state index contributed by atoms with van der Waals surface area (Å²) in [5.74, 6) is 0. The summed E-state index contributed by atoms with van der Waals surface area (Å²) in [6, 6.07) is 9.51. The van der Waals surface area contributed by atoms with Gasteiger partial charge in [-0.15, -0.1) is 0 Å². The monoisotopic (exact) mass is 232 g/mol. The summed E-state index contributed by atoms with van der Waals surface area (Å²) < 4.78 is 0. The first-order valence-corrected chi connectivity index (χ1v) is 6.52. The van der Waals surface area contributed by atoms with E-state index in [2.05, 4.69) is 62.3 Å². The molecular formula is C15H24N2. The van der Waals surface area contributed by atoms with Gasteiger partial charge in [-0.3, -0.25) is 4.90 Å². The van der Waals surface area contributed by atoms with E-state index in [4.69, 9.17) is 0 Å². The molecule has 1 aliphatic heterocycles. The maximum absolute atomic E-state index is 3.44. The second kappa shape index (κ2) is 4.79. The molecular weight excluding hydrogens is 208 g/mol. The highest BCUT2D eigenvalue weighted by Crippen LogP contribution is 2.30. The molecule has 0 aromatic heterocycles. The van der Waals surface area contributed by atoms with Gasteiger partial charge in [-0.25, -0.2) is 0 Å². The van der Waals surface area contributed by atoms with Gasteiger partial charge in [0, 0.05) is 24.7 Å². The van der Waals surface area contributed by atoms with Crippen LogP contribution in [-0.4, -0.2) is 30.1 Å². The van der Waals surface area contributed by atoms with E-state index in [0.29, 0.717) is 6.04 Å². The lowest BCUT2D eigenvalue weighted by Gasteiger charge is -2.36. The Kier molecular flexibility index (Phi) is 3.55. The van der Waals surface area contributed by atoms with Crippen molar-refractivity contribution in [2.24, 2.45) is 0 Å². The predicted molar refractivity (Wildman–Crippen MR) is 73.1 cm³/mol. The van der Waals surface area contributed by atoms with Gasteiger partial charge in [-0.2, -0.15) is 0 Å². The van der Waals surface area contributed by atoms with Crippen LogP contribution < -0.4 is 5.32 Å². The maximum atomic E-state index is 3.44. The minimum absolute atomic E-state index is 0.250. The molecule has 2 nitrogen and oxygen atoms in total. The number of rotatable bonds is 3. The Labute approximate surface area is 105 Å². The molecule has 1 aliphatic rings. The molecule has 17 heavy (non-hydrogen) atoms. The normalized spacial score (nSPS) is 24.1. The number of hydrogen-bond acceptors (Lipinski definition) is 2. The zero-order valence-corrected chi connectivity index (χ0v) is 11.5. The third-order valence-electron chi connectivity index (χ3n) is 4.20. The van der Waals surface area contributed by atoms with Crippen LogP contribution >= 0.6 is 0 Å². The molecule has 2 rings (SSSR count). The Balaban J connectivity index is 2.07. The van der Waals surface area contributed by atoms with Crippen LogP contribution in [0.25, 0.3) is 0 Å². The van der Waals surface area contributed by atoms with Crippen molar-refractivity contribution in [1.82, 2.24) is 10.2 Å². The zero-order chi connectivity index (χ0) is 12.5. The van der Waals surface area contributed by atoms with Crippen LogP contribution in [0.1, 0.15) is 31.4 Å². The predicted octanol–water partition coefficient (Wildman–Crippen LogP) is 2.57. The molecule has 0 bridgehead atoms. The average Bonchev–Trinajstić information content (AvgIpc) is 2.57. The summed E-state index contributed by atoms with van der Waals surface area (Å²) in [5.41, 5.74) is 3.00. The second-order valence-electron chi connectivity index (χ2n) is 5.69. The van der Waals surface area contributed by atoms with Crippen molar-refractivity contribution in [3.05, 3.63) is 35.4 Å². The molecule has 0 radical (unpaired) electrons. The Hall–Kier alpha value is -0.860. The van der Waals surface area contributed by atoms with Gasteiger partial charge >= 0.3 is 0 Å². The third kappa shape index (κ3) is 2.53. The number of hydrogen-bond donors (Lipinski definition) is 1. The average molecular weight is 232 g/mol. The fraction of sp³-hybridized carbons (Fsp3) is 0.600. The summed E-state index contributed by atoms with van der Waals surface area (Å²) in [4.78, 5) is 2.58. The Bertz CT molecular complexity index is 367. The van der Waals surface area contributed by atoms with Crippen molar-refractivity contribution >= 4 is 0 Å². The van der Waals surface area contributed by atoms with Gasteiger partial charge in [0.1, 0.15) is 0 Å². The largest absolute Gasteiger partial charge is 0.315 e. The van der Waals surface area contributed by atoms with Gasteiger partial charge in [0.05, 0.1) is 0 Å². The second-order valence-corrected chi connectivity index (χ2v) is 5.69. The van der Waals surface area contributed by atoms with E-state index in [-0.39, 0.29) is 5.54 Å². The van der Waals surface area contributed by atoms with Crippen molar-refractivity contribution < 1.29 is 0 Å². The standard InChI is InChI=1S/C15H24N2/c1-12-5-7-13(8-6-12)11-17-10-9-14(16-4)15(17,2)3/h5-8,14,16H,9-11H2,1-4H3. The fourth-order valence-corrected chi connectivity index (χ4v) is 2.84. The molecule has 0 saturated carbocycles. The highest BCUT2D eigenvalue weighted by Gasteiger charge is 2.39. The molecule has 0 amide bonds. The fourth-order valence-electron chi connectivity index (χ4n) is 2.84. The molecule has 94 valence electrons. The molecule has 1 unspecified atom stereocenters. The first-order chi connectivity index (χ1) is 8.04. The quantitative estimate of drug-likeness (QED) is 0.861. The maximum Gasteiger partial charge on any atom is 0.0310 e. The number of likely N-dealkylation sites (tertiary alicyclic amines) is 1. The van der Waals surface area contributed by atoms with Crippen LogP contribution in [0, 0.1) is 6.92 Å². The van der Waals surface area contributed by atoms with Crippen molar-refractivity contribution in [2.75, 3.05) is 13.6 Å². The lowest BCUT2D eigenvalue weighted by molar-refractivity contribution is 0.146. The Morgan fingerprint density at radius 1 is 1.29 bits per heavy atom. The van der Waals surface area contributed by atoms with Crippen LogP contribution in [0.4, 0.5) is 0 Å². The van der Waals surface area contributed by atoms with Crippen molar-refractivity contribution in [3.8, 4) is 0 Å². The lowest BCUT2D eigenvalue weighted by Crippen LogP contribution is -2.49. The number of nitrogens with zero attached hydrogens (tertiary/aromatic N) is 1. The molecule has 1 heterocycles. The van der Waals surface area contributed by atoms with Crippen LogP contribution in [0.15, 0.2) is 24.3 Å². The number of nitrogens with one attached hydrogen (secondary N) is 1. The topological polar surface area (TPSA) is 15.3 Å². The van der Waals surface area contributed by atoms with E-state index in [1.165, 1.54) is 24.1 Å². The molecule has 1 atom stereocenters. The Morgan fingerprint density at radius 2 is 1.94 bits per heavy atom. The van der Waals surface area contributed by atoms with Gasteiger partial charge in [0.15, 0.2) is 0 Å². The highest BCUT2D eigenvalue weighted by molar-refractivity contribution is 5.21. The minimum atomic E-state index is 0.250. The smallest absolute Gasteiger partial charge is 0.0310 e. The van der Waals surface area contributed by atoms with Gasteiger partial charge in [-0.1, -0.05) is 29.8 Å². The summed E-state index contributed by atoms with van der Waals surface area (Å²) in [7, 11) is 2.07. The van der Waals surface area contributed by atoms with E-state index < -0.39 is 0 Å².